The van der Waals surface area contributed by atoms with E-state index in [-0.39, 0.29) is 6.10 Å². The number of nitrogens with zero attached hydrogens (tertiary/aromatic N) is 1. The van der Waals surface area contributed by atoms with E-state index in [4.69, 9.17) is 4.74 Å². The number of piperidine rings is 1. The molecule has 0 spiro atoms. The summed E-state index contributed by atoms with van der Waals surface area (Å²) in [6, 6.07) is 0. The van der Waals surface area contributed by atoms with Gasteiger partial charge in [0.05, 0.1) is 12.2 Å². The van der Waals surface area contributed by atoms with Crippen LogP contribution in [-0.4, -0.2) is 48.5 Å². The Morgan fingerprint density at radius 3 is 2.93 bits per heavy atom. The summed E-state index contributed by atoms with van der Waals surface area (Å²) < 4.78 is 5.60. The Bertz CT molecular complexity index is 180. The minimum absolute atomic E-state index is 0.0820. The van der Waals surface area contributed by atoms with E-state index in [1.54, 1.807) is 0 Å². The number of β-amino-alcohol motifs (C(OH)–C–C–N with tert-alkyl or cyclic N) is 1. The second kappa shape index (κ2) is 5.83. The molecular formula is C12H23NO2. The van der Waals surface area contributed by atoms with Crippen LogP contribution in [0, 0.1) is 0 Å². The van der Waals surface area contributed by atoms with Crippen molar-refractivity contribution >= 4 is 0 Å². The fourth-order valence-corrected chi connectivity index (χ4v) is 2.65. The predicted octanol–water partition coefficient (Wildman–Crippen LogP) is 1.40. The second-order valence-corrected chi connectivity index (χ2v) is 4.87. The maximum Gasteiger partial charge on any atom is 0.0667 e. The van der Waals surface area contributed by atoms with Gasteiger partial charge in [-0.25, -0.2) is 0 Å². The van der Waals surface area contributed by atoms with E-state index in [1.165, 1.54) is 32.2 Å². The van der Waals surface area contributed by atoms with Crippen LogP contribution < -0.4 is 0 Å². The van der Waals surface area contributed by atoms with Gasteiger partial charge in [-0.2, -0.15) is 0 Å². The number of hydrogen-bond donors (Lipinski definition) is 1. The Labute approximate surface area is 92.4 Å². The largest absolute Gasteiger partial charge is 0.392 e. The lowest BCUT2D eigenvalue weighted by Gasteiger charge is -2.30. The first-order chi connectivity index (χ1) is 7.34. The Balaban J connectivity index is 1.56. The summed E-state index contributed by atoms with van der Waals surface area (Å²) in [7, 11) is 0. The van der Waals surface area contributed by atoms with E-state index in [0.29, 0.717) is 6.10 Å². The molecule has 3 nitrogen and oxygen atoms in total. The lowest BCUT2D eigenvalue weighted by Crippen LogP contribution is -2.38. The Hall–Kier alpha value is -0.120. The molecular weight excluding hydrogens is 190 g/mol. The smallest absolute Gasteiger partial charge is 0.0667 e. The first-order valence-corrected chi connectivity index (χ1v) is 6.36. The number of likely N-dealkylation sites (tertiary alicyclic amines) is 1. The molecule has 0 saturated carbocycles. The summed E-state index contributed by atoms with van der Waals surface area (Å²) in [6.07, 6.45) is 7.50. The van der Waals surface area contributed by atoms with Gasteiger partial charge in [0, 0.05) is 13.2 Å². The van der Waals surface area contributed by atoms with E-state index in [0.717, 1.165) is 32.5 Å². The standard InChI is InChI=1S/C12H23NO2/c14-11-4-1-7-13(10-11)8-2-5-12-6-3-9-15-12/h11-12,14H,1-10H2. The molecule has 2 atom stereocenters. The van der Waals surface area contributed by atoms with Gasteiger partial charge in [-0.15, -0.1) is 0 Å². The van der Waals surface area contributed by atoms with Gasteiger partial charge in [-0.3, -0.25) is 0 Å². The summed E-state index contributed by atoms with van der Waals surface area (Å²) in [6.45, 7) is 4.15. The van der Waals surface area contributed by atoms with Crippen LogP contribution in [0.5, 0.6) is 0 Å². The molecule has 2 saturated heterocycles. The lowest BCUT2D eigenvalue weighted by molar-refractivity contribution is 0.0631. The third-order valence-electron chi connectivity index (χ3n) is 3.51. The average Bonchev–Trinajstić information content (AvgIpc) is 2.71. The molecule has 15 heavy (non-hydrogen) atoms. The van der Waals surface area contributed by atoms with Crippen molar-refractivity contribution in [1.82, 2.24) is 4.90 Å². The van der Waals surface area contributed by atoms with E-state index >= 15 is 0 Å². The van der Waals surface area contributed by atoms with Crippen molar-refractivity contribution in [2.75, 3.05) is 26.2 Å². The van der Waals surface area contributed by atoms with Crippen LogP contribution in [-0.2, 0) is 4.74 Å². The summed E-state index contributed by atoms with van der Waals surface area (Å²) in [5.74, 6) is 0. The van der Waals surface area contributed by atoms with Gasteiger partial charge >= 0.3 is 0 Å². The Kier molecular flexibility index (Phi) is 4.42. The van der Waals surface area contributed by atoms with Gasteiger partial charge in [0.2, 0.25) is 0 Å². The van der Waals surface area contributed by atoms with E-state index < -0.39 is 0 Å². The summed E-state index contributed by atoms with van der Waals surface area (Å²) in [5.41, 5.74) is 0. The third kappa shape index (κ3) is 3.74. The molecule has 0 aromatic carbocycles. The number of rotatable bonds is 4. The SMILES string of the molecule is OC1CCCN(CCCC2CCCO2)C1. The summed E-state index contributed by atoms with van der Waals surface area (Å²) in [4.78, 5) is 2.39. The topological polar surface area (TPSA) is 32.7 Å². The quantitative estimate of drug-likeness (QED) is 0.766. The average molecular weight is 213 g/mol. The van der Waals surface area contributed by atoms with E-state index in [9.17, 15) is 5.11 Å². The summed E-state index contributed by atoms with van der Waals surface area (Å²) in [5, 5.41) is 9.52. The van der Waals surface area contributed by atoms with E-state index in [2.05, 4.69) is 4.90 Å². The molecule has 0 aliphatic carbocycles. The molecule has 2 heterocycles. The molecule has 2 fully saturated rings. The maximum absolute atomic E-state index is 9.52. The molecule has 0 bridgehead atoms. The van der Waals surface area contributed by atoms with Crippen molar-refractivity contribution in [3.8, 4) is 0 Å². The molecule has 2 aliphatic heterocycles. The van der Waals surface area contributed by atoms with Crippen molar-refractivity contribution < 1.29 is 9.84 Å². The number of aliphatic hydroxyl groups excluding tert-OH is 1. The third-order valence-corrected chi connectivity index (χ3v) is 3.51. The minimum Gasteiger partial charge on any atom is -0.392 e. The molecule has 88 valence electrons. The normalized spacial score (nSPS) is 33.4. The minimum atomic E-state index is -0.0820. The zero-order valence-corrected chi connectivity index (χ0v) is 9.53. The number of aliphatic hydroxyl groups is 1. The van der Waals surface area contributed by atoms with Crippen molar-refractivity contribution in [1.29, 1.82) is 0 Å². The van der Waals surface area contributed by atoms with Crippen LogP contribution in [0.15, 0.2) is 0 Å². The van der Waals surface area contributed by atoms with Gasteiger partial charge in [0.1, 0.15) is 0 Å². The molecule has 0 amide bonds. The van der Waals surface area contributed by atoms with Crippen LogP contribution in [0.1, 0.15) is 38.5 Å². The molecule has 3 heteroatoms. The van der Waals surface area contributed by atoms with Gasteiger partial charge < -0.3 is 14.7 Å². The molecule has 2 aliphatic rings. The Morgan fingerprint density at radius 1 is 1.27 bits per heavy atom. The Morgan fingerprint density at radius 2 is 2.20 bits per heavy atom. The maximum atomic E-state index is 9.52. The lowest BCUT2D eigenvalue weighted by atomic mass is 10.1. The van der Waals surface area contributed by atoms with Crippen molar-refractivity contribution in [2.45, 2.75) is 50.7 Å². The van der Waals surface area contributed by atoms with Crippen LogP contribution >= 0.6 is 0 Å². The van der Waals surface area contributed by atoms with Crippen molar-refractivity contribution in [3.63, 3.8) is 0 Å². The highest BCUT2D eigenvalue weighted by molar-refractivity contribution is 4.72. The zero-order valence-electron chi connectivity index (χ0n) is 9.53. The predicted molar refractivity (Wildman–Crippen MR) is 59.9 cm³/mol. The molecule has 0 aromatic heterocycles. The highest BCUT2D eigenvalue weighted by Crippen LogP contribution is 2.17. The van der Waals surface area contributed by atoms with Gasteiger partial charge in [-0.1, -0.05) is 0 Å². The van der Waals surface area contributed by atoms with Gasteiger partial charge in [-0.05, 0) is 51.6 Å². The molecule has 0 aromatic rings. The van der Waals surface area contributed by atoms with E-state index in [1.807, 2.05) is 0 Å². The van der Waals surface area contributed by atoms with Gasteiger partial charge in [0.25, 0.3) is 0 Å². The second-order valence-electron chi connectivity index (χ2n) is 4.87. The highest BCUT2D eigenvalue weighted by Gasteiger charge is 2.19. The highest BCUT2D eigenvalue weighted by atomic mass is 16.5. The molecule has 1 N–H and O–H groups in total. The van der Waals surface area contributed by atoms with Crippen LogP contribution in [0.25, 0.3) is 0 Å². The molecule has 2 rings (SSSR count). The van der Waals surface area contributed by atoms with Gasteiger partial charge in [0.15, 0.2) is 0 Å². The summed E-state index contributed by atoms with van der Waals surface area (Å²) >= 11 is 0. The molecule has 2 unspecified atom stereocenters. The molecule has 0 radical (unpaired) electrons. The van der Waals surface area contributed by atoms with Crippen LogP contribution in [0.2, 0.25) is 0 Å². The zero-order chi connectivity index (χ0) is 10.5. The first-order valence-electron chi connectivity index (χ1n) is 6.36. The van der Waals surface area contributed by atoms with Crippen LogP contribution in [0.3, 0.4) is 0 Å². The van der Waals surface area contributed by atoms with Crippen LogP contribution in [0.4, 0.5) is 0 Å². The fourth-order valence-electron chi connectivity index (χ4n) is 2.65. The van der Waals surface area contributed by atoms with Crippen molar-refractivity contribution in [3.05, 3.63) is 0 Å². The number of ether oxygens (including phenoxy) is 1. The monoisotopic (exact) mass is 213 g/mol. The number of hydrogen-bond acceptors (Lipinski definition) is 3. The fraction of sp³-hybridized carbons (Fsp3) is 1.00. The van der Waals surface area contributed by atoms with Crippen molar-refractivity contribution in [2.24, 2.45) is 0 Å². The first kappa shape index (κ1) is 11.4.